The van der Waals surface area contributed by atoms with Gasteiger partial charge in [0.15, 0.2) is 0 Å². The molecule has 1 heterocycles. The Morgan fingerprint density at radius 1 is 1.24 bits per heavy atom. The van der Waals surface area contributed by atoms with Crippen LogP contribution in [0.2, 0.25) is 0 Å². The highest BCUT2D eigenvalue weighted by atomic mass is 32.2. The summed E-state index contributed by atoms with van der Waals surface area (Å²) in [5.41, 5.74) is 1.23. The van der Waals surface area contributed by atoms with Crippen molar-refractivity contribution in [3.63, 3.8) is 0 Å². The van der Waals surface area contributed by atoms with E-state index in [2.05, 4.69) is 10.3 Å². The average molecular weight is 309 g/mol. The minimum atomic E-state index is -3.21. The summed E-state index contributed by atoms with van der Waals surface area (Å²) in [6.45, 7) is 0.635. The van der Waals surface area contributed by atoms with Crippen molar-refractivity contribution in [2.24, 2.45) is 0 Å². The highest BCUT2D eigenvalue weighted by molar-refractivity contribution is 7.89. The summed E-state index contributed by atoms with van der Waals surface area (Å²) in [7, 11) is -0.206. The fraction of sp³-hybridized carbons (Fsp3) is 0.357. The van der Waals surface area contributed by atoms with E-state index in [0.29, 0.717) is 18.7 Å². The van der Waals surface area contributed by atoms with Gasteiger partial charge in [-0.05, 0) is 17.5 Å². The molecule has 0 radical (unpaired) electrons. The topological polar surface area (TPSA) is 82.3 Å². The highest BCUT2D eigenvalue weighted by Crippen LogP contribution is 2.09. The summed E-state index contributed by atoms with van der Waals surface area (Å²) in [5, 5.41) is 3.95. The van der Waals surface area contributed by atoms with Crippen LogP contribution in [0.3, 0.4) is 0 Å². The largest absolute Gasteiger partial charge is 0.322 e. The van der Waals surface area contributed by atoms with Crippen LogP contribution in [0, 0.1) is 0 Å². The van der Waals surface area contributed by atoms with Gasteiger partial charge >= 0.3 is 0 Å². The summed E-state index contributed by atoms with van der Waals surface area (Å²) in [6.07, 6.45) is 0. The van der Waals surface area contributed by atoms with E-state index in [0.717, 1.165) is 10.9 Å². The third kappa shape index (κ3) is 3.90. The molecular formula is C14H19N3O3S. The van der Waals surface area contributed by atoms with Crippen molar-refractivity contribution in [2.45, 2.75) is 6.54 Å². The molecule has 2 rings (SSSR count). The van der Waals surface area contributed by atoms with Gasteiger partial charge in [-0.3, -0.25) is 4.79 Å². The second-order valence-corrected chi connectivity index (χ2v) is 7.29. The lowest BCUT2D eigenvalue weighted by Crippen LogP contribution is -2.31. The van der Waals surface area contributed by atoms with Crippen LogP contribution >= 0.6 is 0 Å². The lowest BCUT2D eigenvalue weighted by molar-refractivity contribution is 0.517. The maximum Gasteiger partial charge on any atom is 0.252 e. The first-order chi connectivity index (χ1) is 9.90. The Bertz CT molecular complexity index is 781. The number of nitrogens with zero attached hydrogens (tertiary/aromatic N) is 1. The Labute approximate surface area is 123 Å². The molecule has 0 aliphatic rings. The van der Waals surface area contributed by atoms with E-state index in [-0.39, 0.29) is 11.3 Å². The number of rotatable bonds is 6. The zero-order chi connectivity index (χ0) is 15.5. The van der Waals surface area contributed by atoms with Crippen LogP contribution in [-0.2, 0) is 16.6 Å². The number of aromatic nitrogens is 1. The van der Waals surface area contributed by atoms with Crippen molar-refractivity contribution >= 4 is 20.9 Å². The standard InChI is InChI=1S/C14H19N3O3S/c1-17(2)21(19,20)8-7-15-10-12-9-11-5-3-4-6-13(11)16-14(12)18/h3-6,9,15H,7-8,10H2,1-2H3,(H,16,18). The van der Waals surface area contributed by atoms with Crippen molar-refractivity contribution in [3.05, 3.63) is 46.2 Å². The van der Waals surface area contributed by atoms with Gasteiger partial charge in [0.2, 0.25) is 10.0 Å². The Hall–Kier alpha value is -1.70. The summed E-state index contributed by atoms with van der Waals surface area (Å²) in [6, 6.07) is 9.36. The Morgan fingerprint density at radius 3 is 2.67 bits per heavy atom. The van der Waals surface area contributed by atoms with E-state index < -0.39 is 10.0 Å². The van der Waals surface area contributed by atoms with Crippen LogP contribution in [0.15, 0.2) is 35.1 Å². The molecular weight excluding hydrogens is 290 g/mol. The summed E-state index contributed by atoms with van der Waals surface area (Å²) >= 11 is 0. The van der Waals surface area contributed by atoms with Gasteiger partial charge in [-0.1, -0.05) is 18.2 Å². The molecule has 0 atom stereocenters. The quantitative estimate of drug-likeness (QED) is 0.762. The van der Waals surface area contributed by atoms with Crippen molar-refractivity contribution in [1.29, 1.82) is 0 Å². The van der Waals surface area contributed by atoms with Crippen LogP contribution in [0.4, 0.5) is 0 Å². The second kappa shape index (κ2) is 6.38. The molecule has 6 nitrogen and oxygen atoms in total. The second-order valence-electron chi connectivity index (χ2n) is 4.99. The smallest absolute Gasteiger partial charge is 0.252 e. The van der Waals surface area contributed by atoms with Crippen molar-refractivity contribution in [1.82, 2.24) is 14.6 Å². The molecule has 114 valence electrons. The first-order valence-electron chi connectivity index (χ1n) is 6.62. The molecule has 0 saturated heterocycles. The molecule has 0 fully saturated rings. The lowest BCUT2D eigenvalue weighted by atomic mass is 10.1. The highest BCUT2D eigenvalue weighted by Gasteiger charge is 2.12. The monoisotopic (exact) mass is 309 g/mol. The van der Waals surface area contributed by atoms with Crippen molar-refractivity contribution in [3.8, 4) is 0 Å². The molecule has 1 aromatic carbocycles. The molecule has 1 aromatic heterocycles. The van der Waals surface area contributed by atoms with Crippen LogP contribution < -0.4 is 10.9 Å². The first-order valence-corrected chi connectivity index (χ1v) is 8.23. The van der Waals surface area contributed by atoms with Gasteiger partial charge in [0, 0.05) is 38.3 Å². The predicted molar refractivity (Wildman–Crippen MR) is 83.7 cm³/mol. The number of hydrogen-bond acceptors (Lipinski definition) is 4. The molecule has 0 saturated carbocycles. The minimum Gasteiger partial charge on any atom is -0.322 e. The fourth-order valence-electron chi connectivity index (χ4n) is 1.93. The zero-order valence-electron chi connectivity index (χ0n) is 12.1. The summed E-state index contributed by atoms with van der Waals surface area (Å²) in [4.78, 5) is 14.7. The van der Waals surface area contributed by atoms with Crippen molar-refractivity contribution < 1.29 is 8.42 Å². The molecule has 0 spiro atoms. The molecule has 0 aliphatic heterocycles. The number of para-hydroxylation sites is 1. The molecule has 0 bridgehead atoms. The molecule has 0 aliphatic carbocycles. The zero-order valence-corrected chi connectivity index (χ0v) is 12.9. The van der Waals surface area contributed by atoms with E-state index in [9.17, 15) is 13.2 Å². The number of pyridine rings is 1. The summed E-state index contributed by atoms with van der Waals surface area (Å²) < 4.78 is 24.4. The van der Waals surface area contributed by atoms with Crippen molar-refractivity contribution in [2.75, 3.05) is 26.4 Å². The Balaban J connectivity index is 2.01. The number of H-pyrrole nitrogens is 1. The van der Waals surface area contributed by atoms with Crippen LogP contribution in [0.25, 0.3) is 10.9 Å². The number of hydrogen-bond donors (Lipinski definition) is 2. The molecule has 2 N–H and O–H groups in total. The van der Waals surface area contributed by atoms with Gasteiger partial charge in [0.05, 0.1) is 5.75 Å². The number of benzene rings is 1. The van der Waals surface area contributed by atoms with E-state index in [1.54, 1.807) is 0 Å². The number of fused-ring (bicyclic) bond motifs is 1. The molecule has 2 aromatic rings. The average Bonchev–Trinajstić information content (AvgIpc) is 2.43. The summed E-state index contributed by atoms with van der Waals surface area (Å²) in [5.74, 6) is 0.00544. The van der Waals surface area contributed by atoms with E-state index in [4.69, 9.17) is 0 Å². The van der Waals surface area contributed by atoms with Gasteiger partial charge in [-0.2, -0.15) is 0 Å². The van der Waals surface area contributed by atoms with Gasteiger partial charge in [0.25, 0.3) is 5.56 Å². The maximum atomic E-state index is 11.9. The van der Waals surface area contributed by atoms with E-state index in [1.165, 1.54) is 18.4 Å². The Morgan fingerprint density at radius 2 is 1.95 bits per heavy atom. The molecule has 0 unspecified atom stereocenters. The van der Waals surface area contributed by atoms with Crippen LogP contribution in [0.5, 0.6) is 0 Å². The van der Waals surface area contributed by atoms with E-state index >= 15 is 0 Å². The maximum absolute atomic E-state index is 11.9. The normalized spacial score (nSPS) is 12.1. The number of sulfonamides is 1. The SMILES string of the molecule is CN(C)S(=O)(=O)CCNCc1cc2ccccc2[nH]c1=O. The molecule has 21 heavy (non-hydrogen) atoms. The fourth-order valence-corrected chi connectivity index (χ4v) is 2.70. The molecule has 0 amide bonds. The third-order valence-corrected chi connectivity index (χ3v) is 5.07. The number of aromatic amines is 1. The first kappa shape index (κ1) is 15.7. The van der Waals surface area contributed by atoms with Gasteiger partial charge in [0.1, 0.15) is 0 Å². The minimum absolute atomic E-state index is 0.00544. The van der Waals surface area contributed by atoms with Crippen LogP contribution in [0.1, 0.15) is 5.56 Å². The Kier molecular flexibility index (Phi) is 4.76. The third-order valence-electron chi connectivity index (χ3n) is 3.24. The lowest BCUT2D eigenvalue weighted by Gasteiger charge is -2.11. The van der Waals surface area contributed by atoms with E-state index in [1.807, 2.05) is 30.3 Å². The predicted octanol–water partition coefficient (Wildman–Crippen LogP) is 0.509. The molecule has 7 heteroatoms. The van der Waals surface area contributed by atoms with Gasteiger partial charge in [-0.15, -0.1) is 0 Å². The van der Waals surface area contributed by atoms with Gasteiger partial charge < -0.3 is 10.3 Å². The number of nitrogens with one attached hydrogen (secondary N) is 2. The van der Waals surface area contributed by atoms with Gasteiger partial charge in [-0.25, -0.2) is 12.7 Å². The van der Waals surface area contributed by atoms with Crippen LogP contribution in [-0.4, -0.2) is 44.1 Å².